The van der Waals surface area contributed by atoms with Crippen LogP contribution in [-0.4, -0.2) is 117 Å². The zero-order chi connectivity index (χ0) is 45.5. The highest BCUT2D eigenvalue weighted by atomic mass is 16.6. The molecule has 15 nitrogen and oxygen atoms in total. The van der Waals surface area contributed by atoms with Crippen LogP contribution >= 0.6 is 0 Å². The second-order valence-electron chi connectivity index (χ2n) is 16.5. The monoisotopic (exact) mass is 896 g/mol. The summed E-state index contributed by atoms with van der Waals surface area (Å²) in [6, 6.07) is 24.1. The van der Waals surface area contributed by atoms with E-state index in [4.69, 9.17) is 34.4 Å². The number of Topliss-reactive ketones (excluding diaryl/α,β-unsaturated/α-hetero) is 1. The number of imidazole rings is 1. The van der Waals surface area contributed by atoms with Crippen molar-refractivity contribution >= 4 is 45.4 Å². The maximum Gasteiger partial charge on any atom is 0.222 e. The fourth-order valence-electron chi connectivity index (χ4n) is 8.33. The average Bonchev–Trinajstić information content (AvgIpc) is 3.96. The first-order valence-electron chi connectivity index (χ1n) is 23.6. The zero-order valence-electron chi connectivity index (χ0n) is 38.1. The number of ketones is 1. The molecule has 5 N–H and O–H groups in total. The van der Waals surface area contributed by atoms with Crippen molar-refractivity contribution in [2.45, 2.75) is 95.7 Å². The molecule has 65 heavy (non-hydrogen) atoms. The van der Waals surface area contributed by atoms with E-state index < -0.39 is 0 Å². The van der Waals surface area contributed by atoms with Crippen molar-refractivity contribution in [2.75, 3.05) is 84.9 Å². The molecular formula is C50H69N7O8. The number of pyridine rings is 1. The van der Waals surface area contributed by atoms with Crippen LogP contribution in [-0.2, 0) is 51.0 Å². The molecule has 4 aromatic rings. The molecule has 1 fully saturated rings. The maximum atomic E-state index is 13.2. The summed E-state index contributed by atoms with van der Waals surface area (Å²) in [7, 11) is 0. The lowest BCUT2D eigenvalue weighted by Gasteiger charge is -2.12. The Morgan fingerprint density at radius 2 is 1.26 bits per heavy atom. The van der Waals surface area contributed by atoms with Crippen molar-refractivity contribution in [3.05, 3.63) is 89.7 Å². The van der Waals surface area contributed by atoms with Crippen LogP contribution in [0.4, 0.5) is 5.82 Å². The summed E-state index contributed by atoms with van der Waals surface area (Å²) in [6.07, 6.45) is 7.78. The van der Waals surface area contributed by atoms with E-state index in [1.807, 2.05) is 54.6 Å². The van der Waals surface area contributed by atoms with Crippen molar-refractivity contribution in [1.82, 2.24) is 30.5 Å². The van der Waals surface area contributed by atoms with Crippen LogP contribution in [0.5, 0.6) is 0 Å². The Labute approximate surface area is 383 Å². The van der Waals surface area contributed by atoms with Gasteiger partial charge in [0.25, 0.3) is 0 Å². The molecule has 3 atom stereocenters. The van der Waals surface area contributed by atoms with E-state index in [1.54, 1.807) is 0 Å². The number of hydrogen-bond donors (Lipinski definition) is 4. The molecule has 0 radical (unpaired) electrons. The Balaban J connectivity index is 0.680. The minimum absolute atomic E-state index is 0.0278. The Hall–Kier alpha value is -5.03. The third kappa shape index (κ3) is 15.3. The lowest BCUT2D eigenvalue weighted by Crippen LogP contribution is -2.29. The number of ether oxygens (including phenoxy) is 5. The second kappa shape index (κ2) is 27.4. The number of aromatic nitrogens is 3. The fourth-order valence-corrected chi connectivity index (χ4v) is 8.33. The van der Waals surface area contributed by atoms with Gasteiger partial charge in [-0.2, -0.15) is 0 Å². The number of carbonyl (C=O) groups excluding carboxylic acids is 3. The molecule has 2 aliphatic rings. The maximum absolute atomic E-state index is 13.2. The van der Waals surface area contributed by atoms with Gasteiger partial charge in [-0.15, -0.1) is 0 Å². The van der Waals surface area contributed by atoms with Gasteiger partial charge in [0.1, 0.15) is 11.3 Å². The smallest absolute Gasteiger partial charge is 0.222 e. The molecule has 3 unspecified atom stereocenters. The fraction of sp³-hybridized carbons (Fsp3) is 0.540. The summed E-state index contributed by atoms with van der Waals surface area (Å²) in [5, 5.41) is 10.6. The predicted octanol–water partition coefficient (Wildman–Crippen LogP) is 6.06. The highest BCUT2D eigenvalue weighted by Gasteiger charge is 2.45. The van der Waals surface area contributed by atoms with Crippen molar-refractivity contribution in [2.24, 2.45) is 0 Å². The van der Waals surface area contributed by atoms with Gasteiger partial charge in [0, 0.05) is 50.3 Å². The number of carbonyl (C=O) groups is 3. The normalized spacial score (nSPS) is 16.3. The van der Waals surface area contributed by atoms with Crippen molar-refractivity contribution in [1.29, 1.82) is 0 Å². The van der Waals surface area contributed by atoms with Gasteiger partial charge >= 0.3 is 0 Å². The molecule has 15 heteroatoms. The summed E-state index contributed by atoms with van der Waals surface area (Å²) >= 11 is 0. The first-order chi connectivity index (χ1) is 31.9. The van der Waals surface area contributed by atoms with E-state index in [0.717, 1.165) is 96.8 Å². The van der Waals surface area contributed by atoms with E-state index in [9.17, 15) is 14.4 Å². The number of fused-ring (bicyclic) bond motifs is 8. The number of unbranched alkanes of at least 4 members (excludes halogenated alkanes) is 3. The molecule has 2 aromatic carbocycles. The standard InChI is InChI=1S/C50H69N7O8/c1-2-3-20-42-56-47-48(39-17-9-10-18-40(39)55-50(47)51)57(42)25-14-13-24-53-44(59)22-27-62-29-31-64-33-35-65-34-32-63-30-28-61-26-21-43(58)52-23-12-11-19-41-49(60)45-37-15-7-5-4-6-8-16-38(36-37)46(45)54-41/h4-10,15-18,36,41,45-46,54H,2-3,11-14,19-35H2,1H3,(H2,51,55)(H,52,58)(H,53,59). The van der Waals surface area contributed by atoms with Crippen LogP contribution in [0.15, 0.2) is 72.8 Å². The predicted molar refractivity (Wildman–Crippen MR) is 252 cm³/mol. The Kier molecular flexibility index (Phi) is 20.9. The molecule has 2 aromatic heterocycles. The van der Waals surface area contributed by atoms with Gasteiger partial charge < -0.3 is 44.6 Å². The third-order valence-electron chi connectivity index (χ3n) is 11.7. The number of benzene rings is 1. The molecular weight excluding hydrogens is 827 g/mol. The van der Waals surface area contributed by atoms with Crippen LogP contribution in [0.2, 0.25) is 0 Å². The molecule has 6 rings (SSSR count). The van der Waals surface area contributed by atoms with E-state index in [1.165, 1.54) is 0 Å². The van der Waals surface area contributed by atoms with E-state index in [2.05, 4.69) is 50.6 Å². The zero-order valence-corrected chi connectivity index (χ0v) is 38.1. The molecule has 352 valence electrons. The van der Waals surface area contributed by atoms with Gasteiger partial charge in [-0.05, 0) is 55.7 Å². The van der Waals surface area contributed by atoms with Crippen LogP contribution in [0.3, 0.4) is 0 Å². The van der Waals surface area contributed by atoms with Gasteiger partial charge in [-0.3, -0.25) is 19.7 Å². The Morgan fingerprint density at radius 1 is 0.692 bits per heavy atom. The lowest BCUT2D eigenvalue weighted by atomic mass is 9.93. The number of para-hydroxylation sites is 1. The molecule has 3 heterocycles. The number of rotatable bonds is 31. The largest absolute Gasteiger partial charge is 0.382 e. The molecule has 0 spiro atoms. The second-order valence-corrected chi connectivity index (χ2v) is 16.5. The van der Waals surface area contributed by atoms with Crippen LogP contribution in [0.25, 0.3) is 21.9 Å². The molecule has 2 amide bonds. The third-order valence-corrected chi connectivity index (χ3v) is 11.7. The Morgan fingerprint density at radius 3 is 1.91 bits per heavy atom. The van der Waals surface area contributed by atoms with Crippen molar-refractivity contribution in [3.63, 3.8) is 0 Å². The summed E-state index contributed by atoms with van der Waals surface area (Å²) in [4.78, 5) is 47.3. The molecule has 2 bridgehead atoms. The first kappa shape index (κ1) is 49.4. The quantitative estimate of drug-likeness (QED) is 0.0428. The van der Waals surface area contributed by atoms with E-state index in [-0.39, 0.29) is 42.0 Å². The van der Waals surface area contributed by atoms with Gasteiger partial charge in [0.15, 0.2) is 11.6 Å². The summed E-state index contributed by atoms with van der Waals surface area (Å²) in [5.41, 5.74) is 11.2. The minimum Gasteiger partial charge on any atom is -0.382 e. The summed E-state index contributed by atoms with van der Waals surface area (Å²) in [5.74, 6) is 1.56. The van der Waals surface area contributed by atoms with Gasteiger partial charge in [-0.25, -0.2) is 9.97 Å². The van der Waals surface area contributed by atoms with Crippen LogP contribution in [0, 0.1) is 0 Å². The number of aryl methyl sites for hydroxylation is 2. The number of nitrogen functional groups attached to an aromatic ring is 1. The van der Waals surface area contributed by atoms with Gasteiger partial charge in [0.05, 0.1) is 89.1 Å². The summed E-state index contributed by atoms with van der Waals surface area (Å²) < 4.78 is 30.1. The number of hydrogen-bond acceptors (Lipinski definition) is 12. The van der Waals surface area contributed by atoms with E-state index >= 15 is 0 Å². The SMILES string of the molecule is CCCCc1nc2c(N)nc3ccccc3c2n1CCCCNC(=O)CCOCCOCCOCCOCCOCCC(=O)NCCCCC1NC2c3cccccccc(c3)C2C1=O. The Bertz CT molecular complexity index is 2180. The number of nitrogens with zero attached hydrogens (tertiary/aromatic N) is 3. The number of anilines is 1. The minimum atomic E-state index is -0.160. The average molecular weight is 896 g/mol. The van der Waals surface area contributed by atoms with Gasteiger partial charge in [-0.1, -0.05) is 80.1 Å². The first-order valence-corrected chi connectivity index (χ1v) is 23.6. The van der Waals surface area contributed by atoms with E-state index in [0.29, 0.717) is 91.4 Å². The highest BCUT2D eigenvalue weighted by molar-refractivity contribution is 6.06. The lowest BCUT2D eigenvalue weighted by molar-refractivity contribution is -0.123. The molecule has 1 aliphatic carbocycles. The van der Waals surface area contributed by atoms with Crippen LogP contribution in [0.1, 0.15) is 93.6 Å². The molecule has 0 saturated carbocycles. The van der Waals surface area contributed by atoms with Gasteiger partial charge in [0.2, 0.25) is 11.8 Å². The van der Waals surface area contributed by atoms with Crippen LogP contribution < -0.4 is 21.7 Å². The number of nitrogens with one attached hydrogen (secondary N) is 3. The van der Waals surface area contributed by atoms with Crippen molar-refractivity contribution in [3.8, 4) is 0 Å². The summed E-state index contributed by atoms with van der Waals surface area (Å²) in [6.45, 7) is 8.22. The highest BCUT2D eigenvalue weighted by Crippen LogP contribution is 2.43. The number of amides is 2. The van der Waals surface area contributed by atoms with Crippen molar-refractivity contribution < 1.29 is 38.1 Å². The topological polar surface area (TPSA) is 190 Å². The molecule has 1 aliphatic heterocycles. The molecule has 1 saturated heterocycles. The number of nitrogens with two attached hydrogens (primary N) is 1.